The molecule has 0 aliphatic carbocycles. The van der Waals surface area contributed by atoms with E-state index < -0.39 is 0 Å². The van der Waals surface area contributed by atoms with Crippen LogP contribution in [0.2, 0.25) is 5.02 Å². The molecular formula is C17H27ClN2O. The maximum absolute atomic E-state index is 6.14. The topological polar surface area (TPSA) is 38.5 Å². The van der Waals surface area contributed by atoms with Gasteiger partial charge >= 0.3 is 0 Å². The van der Waals surface area contributed by atoms with E-state index in [4.69, 9.17) is 22.1 Å². The summed E-state index contributed by atoms with van der Waals surface area (Å²) in [6.45, 7) is 11.1. The lowest BCUT2D eigenvalue weighted by Gasteiger charge is -2.50. The summed E-state index contributed by atoms with van der Waals surface area (Å²) in [5.74, 6) is 0. The summed E-state index contributed by atoms with van der Waals surface area (Å²) in [4.78, 5) is 2.48. The first kappa shape index (κ1) is 16.8. The molecule has 1 aromatic carbocycles. The van der Waals surface area contributed by atoms with E-state index >= 15 is 0 Å². The quantitative estimate of drug-likeness (QED) is 0.928. The van der Waals surface area contributed by atoms with Gasteiger partial charge in [-0.15, -0.1) is 0 Å². The highest BCUT2D eigenvalue weighted by Crippen LogP contribution is 2.29. The number of hydrogen-bond donors (Lipinski definition) is 1. The molecule has 0 saturated carbocycles. The normalized spacial score (nSPS) is 25.5. The van der Waals surface area contributed by atoms with E-state index in [0.29, 0.717) is 6.54 Å². The average molecular weight is 311 g/mol. The lowest BCUT2D eigenvalue weighted by Crippen LogP contribution is -2.62. The summed E-state index contributed by atoms with van der Waals surface area (Å²) in [5, 5.41) is 0.773. The van der Waals surface area contributed by atoms with E-state index in [2.05, 4.69) is 44.7 Å². The molecule has 4 heteroatoms. The lowest BCUT2D eigenvalue weighted by molar-refractivity contribution is -0.150. The number of morpholine rings is 1. The van der Waals surface area contributed by atoms with Gasteiger partial charge in [0.2, 0.25) is 0 Å². The summed E-state index contributed by atoms with van der Waals surface area (Å²) in [5.41, 5.74) is 7.21. The Bertz CT molecular complexity index is 474. The highest BCUT2D eigenvalue weighted by atomic mass is 35.5. The Balaban J connectivity index is 2.17. The smallest absolute Gasteiger partial charge is 0.0757 e. The number of ether oxygens (including phenoxy) is 1. The molecule has 0 radical (unpaired) electrons. The SMILES string of the molecule is CC1CN(C(C)(CN)Cc2ccc(Cl)cc2)CC(C)(C)O1. The van der Waals surface area contributed by atoms with Crippen LogP contribution in [0.3, 0.4) is 0 Å². The van der Waals surface area contributed by atoms with Crippen LogP contribution in [0.4, 0.5) is 0 Å². The van der Waals surface area contributed by atoms with Crippen LogP contribution in [0, 0.1) is 0 Å². The molecular weight excluding hydrogens is 284 g/mol. The Morgan fingerprint density at radius 2 is 2.00 bits per heavy atom. The highest BCUT2D eigenvalue weighted by molar-refractivity contribution is 6.30. The minimum atomic E-state index is -0.131. The Morgan fingerprint density at radius 3 is 2.52 bits per heavy atom. The van der Waals surface area contributed by atoms with Gasteiger partial charge in [-0.25, -0.2) is 0 Å². The molecule has 1 fully saturated rings. The Labute approximate surface area is 133 Å². The molecule has 1 saturated heterocycles. The largest absolute Gasteiger partial charge is 0.370 e. The highest BCUT2D eigenvalue weighted by Gasteiger charge is 2.40. The summed E-state index contributed by atoms with van der Waals surface area (Å²) in [7, 11) is 0. The zero-order valence-corrected chi connectivity index (χ0v) is 14.3. The standard InChI is InChI=1S/C17H27ClN2O/c1-13-10-20(12-16(2,3)21-13)17(4,11-19)9-14-5-7-15(18)8-6-14/h5-8,13H,9-12,19H2,1-4H3. The van der Waals surface area contributed by atoms with Gasteiger partial charge in [0, 0.05) is 30.2 Å². The van der Waals surface area contributed by atoms with Crippen molar-refractivity contribution in [1.29, 1.82) is 0 Å². The van der Waals surface area contributed by atoms with Crippen molar-refractivity contribution in [3.63, 3.8) is 0 Å². The second-order valence-electron chi connectivity index (χ2n) is 7.07. The summed E-state index contributed by atoms with van der Waals surface area (Å²) < 4.78 is 6.01. The Hall–Kier alpha value is -0.610. The van der Waals surface area contributed by atoms with Gasteiger partial charge in [-0.2, -0.15) is 0 Å². The summed E-state index contributed by atoms with van der Waals surface area (Å²) >= 11 is 5.97. The van der Waals surface area contributed by atoms with E-state index in [1.165, 1.54) is 5.56 Å². The van der Waals surface area contributed by atoms with Crippen molar-refractivity contribution >= 4 is 11.6 Å². The van der Waals surface area contributed by atoms with Crippen molar-refractivity contribution in [3.8, 4) is 0 Å². The van der Waals surface area contributed by atoms with Crippen molar-refractivity contribution in [1.82, 2.24) is 4.90 Å². The van der Waals surface area contributed by atoms with Gasteiger partial charge in [-0.3, -0.25) is 4.90 Å². The minimum Gasteiger partial charge on any atom is -0.370 e. The molecule has 2 rings (SSSR count). The van der Waals surface area contributed by atoms with Gasteiger partial charge in [-0.05, 0) is 51.8 Å². The second kappa shape index (κ2) is 6.25. The Morgan fingerprint density at radius 1 is 1.38 bits per heavy atom. The molecule has 118 valence electrons. The molecule has 1 heterocycles. The minimum absolute atomic E-state index is 0.0663. The molecule has 1 aromatic rings. The second-order valence-corrected chi connectivity index (χ2v) is 7.51. The third-order valence-electron chi connectivity index (χ3n) is 4.27. The number of rotatable bonds is 4. The van der Waals surface area contributed by atoms with Crippen LogP contribution in [-0.4, -0.2) is 41.8 Å². The van der Waals surface area contributed by atoms with Gasteiger partial charge < -0.3 is 10.5 Å². The first-order valence-corrected chi connectivity index (χ1v) is 7.99. The zero-order chi connectivity index (χ0) is 15.7. The van der Waals surface area contributed by atoms with Gasteiger partial charge in [0.05, 0.1) is 11.7 Å². The van der Waals surface area contributed by atoms with Crippen molar-refractivity contribution in [2.24, 2.45) is 5.73 Å². The number of nitrogens with two attached hydrogens (primary N) is 1. The molecule has 2 N–H and O–H groups in total. The number of benzene rings is 1. The number of hydrogen-bond acceptors (Lipinski definition) is 3. The Kier molecular flexibility index (Phi) is 4.99. The van der Waals surface area contributed by atoms with Crippen LogP contribution in [0.5, 0.6) is 0 Å². The maximum atomic E-state index is 6.14. The average Bonchev–Trinajstić information content (AvgIpc) is 2.39. The number of nitrogens with zero attached hydrogens (tertiary/aromatic N) is 1. The molecule has 3 nitrogen and oxygen atoms in total. The molecule has 0 bridgehead atoms. The van der Waals surface area contributed by atoms with E-state index in [1.807, 2.05) is 12.1 Å². The molecule has 1 aliphatic heterocycles. The van der Waals surface area contributed by atoms with Crippen LogP contribution >= 0.6 is 11.6 Å². The third-order valence-corrected chi connectivity index (χ3v) is 4.52. The molecule has 0 aromatic heterocycles. The first-order valence-electron chi connectivity index (χ1n) is 7.61. The molecule has 1 aliphatic rings. The summed E-state index contributed by atoms with van der Waals surface area (Å²) in [6, 6.07) is 8.07. The number of halogens is 1. The van der Waals surface area contributed by atoms with Gasteiger partial charge in [-0.1, -0.05) is 23.7 Å². The maximum Gasteiger partial charge on any atom is 0.0757 e. The van der Waals surface area contributed by atoms with Gasteiger partial charge in [0.15, 0.2) is 0 Å². The fourth-order valence-electron chi connectivity index (χ4n) is 3.22. The molecule has 2 unspecified atom stereocenters. The molecule has 2 atom stereocenters. The van der Waals surface area contributed by atoms with Crippen LogP contribution in [0.15, 0.2) is 24.3 Å². The predicted molar refractivity (Wildman–Crippen MR) is 88.8 cm³/mol. The van der Waals surface area contributed by atoms with Crippen molar-refractivity contribution < 1.29 is 4.74 Å². The van der Waals surface area contributed by atoms with E-state index in [-0.39, 0.29) is 17.2 Å². The lowest BCUT2D eigenvalue weighted by atomic mass is 9.88. The fourth-order valence-corrected chi connectivity index (χ4v) is 3.35. The van der Waals surface area contributed by atoms with Crippen molar-refractivity contribution in [3.05, 3.63) is 34.9 Å². The van der Waals surface area contributed by atoms with Crippen molar-refractivity contribution in [2.45, 2.75) is 51.4 Å². The van der Waals surface area contributed by atoms with Crippen LogP contribution < -0.4 is 5.73 Å². The van der Waals surface area contributed by atoms with Crippen LogP contribution in [0.1, 0.15) is 33.3 Å². The first-order chi connectivity index (χ1) is 9.74. The van der Waals surface area contributed by atoms with Gasteiger partial charge in [0.25, 0.3) is 0 Å². The van der Waals surface area contributed by atoms with E-state index in [1.54, 1.807) is 0 Å². The van der Waals surface area contributed by atoms with Gasteiger partial charge in [0.1, 0.15) is 0 Å². The van der Waals surface area contributed by atoms with Crippen LogP contribution in [0.25, 0.3) is 0 Å². The van der Waals surface area contributed by atoms with Crippen molar-refractivity contribution in [2.75, 3.05) is 19.6 Å². The summed E-state index contributed by atoms with van der Waals surface area (Å²) in [6.07, 6.45) is 1.15. The van der Waals surface area contributed by atoms with Crippen LogP contribution in [-0.2, 0) is 11.2 Å². The molecule has 0 spiro atoms. The molecule has 21 heavy (non-hydrogen) atoms. The van der Waals surface area contributed by atoms with E-state index in [9.17, 15) is 0 Å². The van der Waals surface area contributed by atoms with E-state index in [0.717, 1.165) is 24.5 Å². The predicted octanol–water partition coefficient (Wildman–Crippen LogP) is 3.10. The monoisotopic (exact) mass is 310 g/mol. The zero-order valence-electron chi connectivity index (χ0n) is 13.5. The fraction of sp³-hybridized carbons (Fsp3) is 0.647. The third kappa shape index (κ3) is 4.19. The molecule has 0 amide bonds.